The molecule has 3 amide bonds. The average Bonchev–Trinajstić information content (AvgIpc) is 3.59. The quantitative estimate of drug-likeness (QED) is 0.110. The number of carbonyl (C=O) groups is 3. The van der Waals surface area contributed by atoms with Gasteiger partial charge in [-0.25, -0.2) is 0 Å². The van der Waals surface area contributed by atoms with E-state index in [9.17, 15) is 14.4 Å². The number of amides is 3. The summed E-state index contributed by atoms with van der Waals surface area (Å²) in [6.07, 6.45) is 2.67. The van der Waals surface area contributed by atoms with E-state index in [0.29, 0.717) is 32.0 Å². The maximum absolute atomic E-state index is 13.1. The van der Waals surface area contributed by atoms with Gasteiger partial charge in [-0.15, -0.1) is 0 Å². The van der Waals surface area contributed by atoms with Crippen LogP contribution in [0.1, 0.15) is 65.2 Å². The Labute approximate surface area is 342 Å². The second-order valence-corrected chi connectivity index (χ2v) is 15.6. The van der Waals surface area contributed by atoms with Gasteiger partial charge >= 0.3 is 7.69 Å². The average molecular weight is 780 g/mol. The van der Waals surface area contributed by atoms with E-state index in [4.69, 9.17) is 9.68 Å². The van der Waals surface area contributed by atoms with Crippen LogP contribution in [0.5, 0.6) is 5.75 Å². The van der Waals surface area contributed by atoms with E-state index in [0.717, 1.165) is 95.1 Å². The number of nitrogens with one attached hydrogen (secondary N) is 1. The van der Waals surface area contributed by atoms with E-state index in [1.807, 2.05) is 24.3 Å². The summed E-state index contributed by atoms with van der Waals surface area (Å²) in [5.41, 5.74) is 9.96. The van der Waals surface area contributed by atoms with Gasteiger partial charge in [-0.05, 0) is 108 Å². The zero-order chi connectivity index (χ0) is 40.0. The largest absolute Gasteiger partial charge is 0.569 e. The number of imide groups is 1. The lowest BCUT2D eigenvalue weighted by molar-refractivity contribution is -0.136. The first kappa shape index (κ1) is 39.4. The van der Waals surface area contributed by atoms with E-state index in [1.165, 1.54) is 28.0 Å². The van der Waals surface area contributed by atoms with Crippen molar-refractivity contribution in [2.45, 2.75) is 45.2 Å². The van der Waals surface area contributed by atoms with Gasteiger partial charge in [0.15, 0.2) is 0 Å². The molecule has 1 atom stereocenters. The molecular weight excluding hydrogens is 727 g/mol. The first-order chi connectivity index (χ1) is 28.4. The van der Waals surface area contributed by atoms with Crippen LogP contribution in [0.15, 0.2) is 97.1 Å². The van der Waals surface area contributed by atoms with Gasteiger partial charge in [-0.2, -0.15) is 0 Å². The molecular formula is C46H52BN6O5. The molecule has 1 unspecified atom stereocenters. The number of rotatable bonds is 13. The van der Waals surface area contributed by atoms with E-state index in [2.05, 4.69) is 105 Å². The van der Waals surface area contributed by atoms with Gasteiger partial charge in [-0.1, -0.05) is 61.5 Å². The lowest BCUT2D eigenvalue weighted by Gasteiger charge is -2.38. The number of fused-ring (bicyclic) bond motifs is 1. The zero-order valence-corrected chi connectivity index (χ0v) is 33.3. The first-order valence-electron chi connectivity index (χ1n) is 20.7. The van der Waals surface area contributed by atoms with Gasteiger partial charge in [0.25, 0.3) is 5.91 Å². The molecule has 3 saturated heterocycles. The minimum atomic E-state index is -0.590. The Kier molecular flexibility index (Phi) is 12.2. The Balaban J connectivity index is 0.805. The zero-order valence-electron chi connectivity index (χ0n) is 33.3. The van der Waals surface area contributed by atoms with Crippen LogP contribution in [0.3, 0.4) is 0 Å². The van der Waals surface area contributed by atoms with E-state index in [1.54, 1.807) is 4.90 Å². The fourth-order valence-electron chi connectivity index (χ4n) is 9.01. The fraction of sp³-hybridized carbons (Fsp3) is 0.370. The summed E-state index contributed by atoms with van der Waals surface area (Å²) >= 11 is 0. The predicted octanol–water partition coefficient (Wildman–Crippen LogP) is 5.06. The Morgan fingerprint density at radius 2 is 1.34 bits per heavy atom. The van der Waals surface area contributed by atoms with Gasteiger partial charge in [0.05, 0.1) is 0 Å². The third-order valence-corrected chi connectivity index (χ3v) is 12.2. The molecule has 0 aromatic heterocycles. The van der Waals surface area contributed by atoms with Crippen LogP contribution in [0.4, 0.5) is 11.4 Å². The number of nitrogens with zero attached hydrogens (tertiary/aromatic N) is 5. The van der Waals surface area contributed by atoms with Crippen LogP contribution in [0, 0.1) is 0 Å². The van der Waals surface area contributed by atoms with Crippen molar-refractivity contribution in [1.29, 1.82) is 0 Å². The molecule has 8 rings (SSSR count). The van der Waals surface area contributed by atoms with Crippen molar-refractivity contribution in [3.8, 4) is 5.75 Å². The Morgan fingerprint density at radius 3 is 1.95 bits per heavy atom. The lowest BCUT2D eigenvalue weighted by Crippen LogP contribution is -2.52. The minimum absolute atomic E-state index is 0.127. The van der Waals surface area contributed by atoms with Crippen molar-refractivity contribution < 1.29 is 24.1 Å². The normalized spacial score (nSPS) is 19.5. The van der Waals surface area contributed by atoms with Gasteiger partial charge in [0.2, 0.25) is 11.8 Å². The summed E-state index contributed by atoms with van der Waals surface area (Å²) in [5.74, 6) is -0.181. The Bertz CT molecular complexity index is 2110. The third-order valence-electron chi connectivity index (χ3n) is 12.2. The van der Waals surface area contributed by atoms with Gasteiger partial charge in [-0.3, -0.25) is 29.5 Å². The highest BCUT2D eigenvalue weighted by Crippen LogP contribution is 2.36. The maximum atomic E-state index is 13.1. The highest BCUT2D eigenvalue weighted by molar-refractivity contribution is 6.17. The van der Waals surface area contributed by atoms with Gasteiger partial charge < -0.3 is 24.4 Å². The summed E-state index contributed by atoms with van der Waals surface area (Å²) in [4.78, 5) is 48.9. The van der Waals surface area contributed by atoms with E-state index < -0.39 is 6.04 Å². The molecule has 0 aliphatic carbocycles. The summed E-state index contributed by atoms with van der Waals surface area (Å²) in [6.45, 7) is 12.8. The van der Waals surface area contributed by atoms with Crippen LogP contribution in [0.25, 0.3) is 11.1 Å². The number of anilines is 2. The standard InChI is InChI=1S/C46H52BN6O5/c1-2-40(33-7-4-3-5-8-33)44(35-11-16-39(17-12-35)58-47-57)34-9-13-37(14-10-34)51-27-23-49(24-28-51)21-6-22-50-25-29-52(30-26-50)38-15-18-41-36(31-38)32-53(46(41)56)42-19-20-43(54)48-45(42)55/h3-5,7-18,31,42,57H,2,6,19-30,32H2,1H3,(H,48,54,55)/b44-40-. The minimum Gasteiger partial charge on any atom is -0.537 e. The summed E-state index contributed by atoms with van der Waals surface area (Å²) in [5, 5.41) is 11.5. The highest BCUT2D eigenvalue weighted by Gasteiger charge is 2.39. The van der Waals surface area contributed by atoms with Crippen LogP contribution < -0.4 is 19.8 Å². The van der Waals surface area contributed by atoms with Crippen LogP contribution in [-0.2, 0) is 16.1 Å². The number of hydrogen-bond acceptors (Lipinski definition) is 9. The van der Waals surface area contributed by atoms with Gasteiger partial charge in [0.1, 0.15) is 11.8 Å². The maximum Gasteiger partial charge on any atom is 0.569 e. The molecule has 11 nitrogen and oxygen atoms in total. The molecule has 0 saturated carbocycles. The molecule has 3 fully saturated rings. The molecule has 0 spiro atoms. The van der Waals surface area contributed by atoms with E-state index >= 15 is 0 Å². The Morgan fingerprint density at radius 1 is 0.741 bits per heavy atom. The molecule has 1 radical (unpaired) electrons. The topological polar surface area (TPSA) is 109 Å². The molecule has 4 aromatic rings. The fourth-order valence-corrected chi connectivity index (χ4v) is 9.01. The Hall–Kier alpha value is -5.43. The molecule has 299 valence electrons. The second kappa shape index (κ2) is 18.0. The molecule has 4 heterocycles. The van der Waals surface area contributed by atoms with Crippen LogP contribution >= 0.6 is 0 Å². The third kappa shape index (κ3) is 8.69. The smallest absolute Gasteiger partial charge is 0.537 e. The molecule has 12 heteroatoms. The second-order valence-electron chi connectivity index (χ2n) is 15.6. The lowest BCUT2D eigenvalue weighted by atomic mass is 9.88. The monoisotopic (exact) mass is 779 g/mol. The summed E-state index contributed by atoms with van der Waals surface area (Å²) in [7, 11) is 0.711. The van der Waals surface area contributed by atoms with Gasteiger partial charge in [0, 0.05) is 82.3 Å². The number of hydrogen-bond donors (Lipinski definition) is 2. The molecule has 4 aliphatic heterocycles. The van der Waals surface area contributed by atoms with E-state index in [-0.39, 0.29) is 24.1 Å². The highest BCUT2D eigenvalue weighted by atomic mass is 16.5. The number of piperazine rings is 2. The predicted molar refractivity (Wildman–Crippen MR) is 229 cm³/mol. The number of piperidine rings is 1. The van der Waals surface area contributed by atoms with Crippen LogP contribution in [0.2, 0.25) is 0 Å². The van der Waals surface area contributed by atoms with Crippen molar-refractivity contribution in [3.05, 3.63) is 125 Å². The number of benzene rings is 4. The number of carbonyl (C=O) groups excluding carboxylic acids is 3. The molecule has 0 bridgehead atoms. The SMILES string of the molecule is CC/C(=C(/c1ccc(O[B]O)cc1)c1ccc(N2CCN(CCCN3CCN(c4ccc5c(c4)CN(C4CCC(=O)NC4=O)C5=O)CC3)CC2)cc1)c1ccccc1. The van der Waals surface area contributed by atoms with Crippen LogP contribution in [-0.4, -0.2) is 117 Å². The van der Waals surface area contributed by atoms with Crippen molar-refractivity contribution in [1.82, 2.24) is 20.0 Å². The van der Waals surface area contributed by atoms with Crippen molar-refractivity contribution in [2.24, 2.45) is 0 Å². The van der Waals surface area contributed by atoms with Crippen molar-refractivity contribution >= 4 is 47.9 Å². The molecule has 2 N–H and O–H groups in total. The molecule has 58 heavy (non-hydrogen) atoms. The molecule has 4 aliphatic rings. The summed E-state index contributed by atoms with van der Waals surface area (Å²) in [6, 6.07) is 33.0. The summed E-state index contributed by atoms with van der Waals surface area (Å²) < 4.78 is 5.19. The first-order valence-corrected chi connectivity index (χ1v) is 20.7. The van der Waals surface area contributed by atoms with Crippen molar-refractivity contribution in [2.75, 3.05) is 75.2 Å². The van der Waals surface area contributed by atoms with Crippen molar-refractivity contribution in [3.63, 3.8) is 0 Å². The molecule has 4 aromatic carbocycles. The number of allylic oxidation sites excluding steroid dienone is 1.